The molecule has 20 heavy (non-hydrogen) atoms. The Hall–Kier alpha value is -2.69. The summed E-state index contributed by atoms with van der Waals surface area (Å²) in [6.45, 7) is 3.60. The van der Waals surface area contributed by atoms with Crippen molar-refractivity contribution in [2.75, 3.05) is 0 Å². The SMILES string of the molecule is C/C(=N\NC(=O)c1ccnc(C)c1)c1ccc(O)cc1. The number of nitrogens with one attached hydrogen (secondary N) is 1. The van der Waals surface area contributed by atoms with Gasteiger partial charge in [0.05, 0.1) is 5.71 Å². The van der Waals surface area contributed by atoms with E-state index in [0.29, 0.717) is 11.3 Å². The Bertz CT molecular complexity index is 648. The number of hydrazone groups is 1. The highest BCUT2D eigenvalue weighted by Crippen LogP contribution is 2.10. The van der Waals surface area contributed by atoms with Crippen LogP contribution in [0.4, 0.5) is 0 Å². The van der Waals surface area contributed by atoms with Crippen LogP contribution in [0.1, 0.15) is 28.5 Å². The zero-order valence-electron chi connectivity index (χ0n) is 11.3. The summed E-state index contributed by atoms with van der Waals surface area (Å²) in [5.74, 6) is -0.0912. The number of aryl methyl sites for hydroxylation is 1. The molecule has 0 atom stereocenters. The number of aromatic hydroxyl groups is 1. The molecule has 1 aromatic heterocycles. The average Bonchev–Trinajstić information content (AvgIpc) is 2.45. The van der Waals surface area contributed by atoms with Crippen molar-refractivity contribution in [2.45, 2.75) is 13.8 Å². The molecule has 2 N–H and O–H groups in total. The lowest BCUT2D eigenvalue weighted by atomic mass is 10.1. The first-order valence-corrected chi connectivity index (χ1v) is 6.13. The van der Waals surface area contributed by atoms with Gasteiger partial charge in [0, 0.05) is 17.5 Å². The third-order valence-corrected chi connectivity index (χ3v) is 2.77. The van der Waals surface area contributed by atoms with E-state index in [0.717, 1.165) is 11.3 Å². The topological polar surface area (TPSA) is 74.6 Å². The highest BCUT2D eigenvalue weighted by atomic mass is 16.3. The minimum Gasteiger partial charge on any atom is -0.508 e. The van der Waals surface area contributed by atoms with Crippen molar-refractivity contribution in [3.05, 3.63) is 59.4 Å². The fraction of sp³-hybridized carbons (Fsp3) is 0.133. The summed E-state index contributed by atoms with van der Waals surface area (Å²) in [6, 6.07) is 9.94. The van der Waals surface area contributed by atoms with Gasteiger partial charge in [-0.05, 0) is 55.8 Å². The number of carbonyl (C=O) groups excluding carboxylic acids is 1. The lowest BCUT2D eigenvalue weighted by molar-refractivity contribution is 0.0954. The maximum Gasteiger partial charge on any atom is 0.271 e. The first-order valence-electron chi connectivity index (χ1n) is 6.13. The van der Waals surface area contributed by atoms with Crippen LogP contribution >= 0.6 is 0 Å². The second-order valence-corrected chi connectivity index (χ2v) is 4.37. The molecule has 102 valence electrons. The monoisotopic (exact) mass is 269 g/mol. The normalized spacial score (nSPS) is 11.2. The Morgan fingerprint density at radius 2 is 1.90 bits per heavy atom. The molecule has 0 spiro atoms. The predicted molar refractivity (Wildman–Crippen MR) is 76.8 cm³/mol. The number of benzene rings is 1. The molecular formula is C15H15N3O2. The van der Waals surface area contributed by atoms with Crippen LogP contribution in [0.25, 0.3) is 0 Å². The summed E-state index contributed by atoms with van der Waals surface area (Å²) in [4.78, 5) is 15.9. The van der Waals surface area contributed by atoms with Gasteiger partial charge in [-0.15, -0.1) is 0 Å². The van der Waals surface area contributed by atoms with Gasteiger partial charge in [-0.1, -0.05) is 0 Å². The largest absolute Gasteiger partial charge is 0.508 e. The Morgan fingerprint density at radius 3 is 2.55 bits per heavy atom. The Balaban J connectivity index is 2.08. The molecule has 1 amide bonds. The molecule has 0 fully saturated rings. The fourth-order valence-corrected chi connectivity index (χ4v) is 1.65. The van der Waals surface area contributed by atoms with Crippen molar-refractivity contribution in [1.82, 2.24) is 10.4 Å². The van der Waals surface area contributed by atoms with E-state index in [9.17, 15) is 9.90 Å². The van der Waals surface area contributed by atoms with Gasteiger partial charge in [0.15, 0.2) is 0 Å². The first-order chi connectivity index (χ1) is 9.56. The highest BCUT2D eigenvalue weighted by Gasteiger charge is 2.05. The molecule has 0 saturated carbocycles. The molecule has 1 heterocycles. The van der Waals surface area contributed by atoms with E-state index in [1.165, 1.54) is 0 Å². The number of aromatic nitrogens is 1. The predicted octanol–water partition coefficient (Wildman–Crippen LogP) is 2.25. The van der Waals surface area contributed by atoms with Crippen LogP contribution < -0.4 is 5.43 Å². The van der Waals surface area contributed by atoms with Gasteiger partial charge in [0.1, 0.15) is 5.75 Å². The van der Waals surface area contributed by atoms with Crippen molar-refractivity contribution in [2.24, 2.45) is 5.10 Å². The van der Waals surface area contributed by atoms with Crippen molar-refractivity contribution >= 4 is 11.6 Å². The lowest BCUT2D eigenvalue weighted by Crippen LogP contribution is -2.19. The summed E-state index contributed by atoms with van der Waals surface area (Å²) in [7, 11) is 0. The van der Waals surface area contributed by atoms with Gasteiger partial charge in [0.25, 0.3) is 5.91 Å². The summed E-state index contributed by atoms with van der Waals surface area (Å²) < 4.78 is 0. The maximum atomic E-state index is 11.9. The van der Waals surface area contributed by atoms with E-state index in [4.69, 9.17) is 0 Å². The van der Waals surface area contributed by atoms with Crippen molar-refractivity contribution in [3.63, 3.8) is 0 Å². The minimum absolute atomic E-state index is 0.192. The average molecular weight is 269 g/mol. The summed E-state index contributed by atoms with van der Waals surface area (Å²) in [5, 5.41) is 13.3. The molecule has 5 nitrogen and oxygen atoms in total. The van der Waals surface area contributed by atoms with Crippen LogP contribution in [0.3, 0.4) is 0 Å². The minimum atomic E-state index is -0.284. The van der Waals surface area contributed by atoms with Crippen LogP contribution in [0, 0.1) is 6.92 Å². The smallest absolute Gasteiger partial charge is 0.271 e. The molecule has 2 aromatic rings. The van der Waals surface area contributed by atoms with Crippen molar-refractivity contribution in [1.29, 1.82) is 0 Å². The molecule has 0 saturated heterocycles. The molecule has 5 heteroatoms. The van der Waals surface area contributed by atoms with Crippen LogP contribution in [-0.4, -0.2) is 21.7 Å². The lowest BCUT2D eigenvalue weighted by Gasteiger charge is -2.03. The molecule has 0 radical (unpaired) electrons. The van der Waals surface area contributed by atoms with E-state index in [1.54, 1.807) is 49.5 Å². The molecule has 0 aliphatic rings. The Morgan fingerprint density at radius 1 is 1.20 bits per heavy atom. The molecule has 0 aliphatic carbocycles. The number of hydrogen-bond donors (Lipinski definition) is 2. The van der Waals surface area contributed by atoms with Crippen LogP contribution in [0.15, 0.2) is 47.7 Å². The molecule has 0 unspecified atom stereocenters. The van der Waals surface area contributed by atoms with Gasteiger partial charge in [-0.2, -0.15) is 5.10 Å². The number of hydrogen-bond acceptors (Lipinski definition) is 4. The third kappa shape index (κ3) is 3.41. The van der Waals surface area contributed by atoms with E-state index in [-0.39, 0.29) is 11.7 Å². The number of phenolic OH excluding ortho intramolecular Hbond substituents is 1. The summed E-state index contributed by atoms with van der Waals surface area (Å²) in [5.41, 5.74) is 5.27. The van der Waals surface area contributed by atoms with Crippen molar-refractivity contribution < 1.29 is 9.90 Å². The first kappa shape index (κ1) is 13.7. The number of carbonyl (C=O) groups is 1. The fourth-order valence-electron chi connectivity index (χ4n) is 1.65. The standard InChI is InChI=1S/C15H15N3O2/c1-10-9-13(7-8-16-10)15(20)18-17-11(2)12-3-5-14(19)6-4-12/h3-9,19H,1-2H3,(H,18,20)/b17-11+. The molecular weight excluding hydrogens is 254 g/mol. The van der Waals surface area contributed by atoms with Crippen LogP contribution in [-0.2, 0) is 0 Å². The Labute approximate surface area is 117 Å². The summed E-state index contributed by atoms with van der Waals surface area (Å²) in [6.07, 6.45) is 1.58. The van der Waals surface area contributed by atoms with Gasteiger partial charge >= 0.3 is 0 Å². The molecule has 0 bridgehead atoms. The van der Waals surface area contributed by atoms with E-state index < -0.39 is 0 Å². The molecule has 2 rings (SSSR count). The third-order valence-electron chi connectivity index (χ3n) is 2.77. The number of phenols is 1. The van der Waals surface area contributed by atoms with E-state index >= 15 is 0 Å². The second kappa shape index (κ2) is 5.97. The number of pyridine rings is 1. The quantitative estimate of drug-likeness (QED) is 0.663. The molecule has 1 aromatic carbocycles. The van der Waals surface area contributed by atoms with Gasteiger partial charge in [0.2, 0.25) is 0 Å². The van der Waals surface area contributed by atoms with Crippen molar-refractivity contribution in [3.8, 4) is 5.75 Å². The highest BCUT2D eigenvalue weighted by molar-refractivity contribution is 6.00. The zero-order chi connectivity index (χ0) is 14.5. The maximum absolute atomic E-state index is 11.9. The van der Waals surface area contributed by atoms with Crippen LogP contribution in [0.2, 0.25) is 0 Å². The van der Waals surface area contributed by atoms with E-state index in [2.05, 4.69) is 15.5 Å². The van der Waals surface area contributed by atoms with Gasteiger partial charge in [-0.3, -0.25) is 9.78 Å². The number of nitrogens with zero attached hydrogens (tertiary/aromatic N) is 2. The molecule has 0 aliphatic heterocycles. The Kier molecular flexibility index (Phi) is 4.10. The number of amides is 1. The van der Waals surface area contributed by atoms with E-state index in [1.807, 2.05) is 6.92 Å². The van der Waals surface area contributed by atoms with Gasteiger partial charge < -0.3 is 5.11 Å². The summed E-state index contributed by atoms with van der Waals surface area (Å²) >= 11 is 0. The number of rotatable bonds is 3. The van der Waals surface area contributed by atoms with Gasteiger partial charge in [-0.25, -0.2) is 5.43 Å². The second-order valence-electron chi connectivity index (χ2n) is 4.37. The van der Waals surface area contributed by atoms with Crippen LogP contribution in [0.5, 0.6) is 5.75 Å². The zero-order valence-corrected chi connectivity index (χ0v) is 11.3.